The van der Waals surface area contributed by atoms with Gasteiger partial charge in [-0.15, -0.1) is 11.8 Å². The third kappa shape index (κ3) is 6.55. The van der Waals surface area contributed by atoms with Gasteiger partial charge in [0.05, 0.1) is 11.5 Å². The Kier molecular flexibility index (Phi) is 6.66. The van der Waals surface area contributed by atoms with Crippen LogP contribution in [0.5, 0.6) is 0 Å². The first kappa shape index (κ1) is 19.5. The van der Waals surface area contributed by atoms with Crippen LogP contribution < -0.4 is 10.6 Å². The fourth-order valence-corrected chi connectivity index (χ4v) is 2.88. The summed E-state index contributed by atoms with van der Waals surface area (Å²) >= 11 is 4.58. The van der Waals surface area contributed by atoms with Gasteiger partial charge in [-0.05, 0) is 18.2 Å². The van der Waals surface area contributed by atoms with Gasteiger partial charge >= 0.3 is 0 Å². The van der Waals surface area contributed by atoms with Crippen molar-refractivity contribution >= 4 is 51.0 Å². The van der Waals surface area contributed by atoms with Crippen molar-refractivity contribution in [2.75, 3.05) is 22.1 Å². The zero-order chi connectivity index (χ0) is 18.4. The van der Waals surface area contributed by atoms with E-state index in [1.807, 2.05) is 39.0 Å². The average Bonchev–Trinajstić information content (AvgIpc) is 2.95. The molecule has 1 heterocycles. The van der Waals surface area contributed by atoms with Crippen LogP contribution in [0.2, 0.25) is 0 Å². The predicted octanol–water partition coefficient (Wildman–Crippen LogP) is 4.05. The summed E-state index contributed by atoms with van der Waals surface area (Å²) in [5, 5.41) is 9.27. The maximum absolute atomic E-state index is 11.9. The number of carbonyl (C=O) groups excluding carboxylic acids is 2. The number of rotatable bonds is 6. The van der Waals surface area contributed by atoms with E-state index in [4.69, 9.17) is 4.52 Å². The maximum atomic E-state index is 11.9. The molecule has 0 aliphatic rings. The maximum Gasteiger partial charge on any atom is 0.235 e. The second-order valence-corrected chi connectivity index (χ2v) is 8.33. The van der Waals surface area contributed by atoms with E-state index in [0.29, 0.717) is 17.3 Å². The van der Waals surface area contributed by atoms with Crippen LogP contribution in [0.25, 0.3) is 0 Å². The number of hydrogen-bond donors (Lipinski definition) is 2. The van der Waals surface area contributed by atoms with Crippen molar-refractivity contribution in [2.45, 2.75) is 26.2 Å². The largest absolute Gasteiger partial charge is 0.359 e. The van der Waals surface area contributed by atoms with E-state index in [2.05, 4.69) is 31.7 Å². The van der Waals surface area contributed by atoms with E-state index in [-0.39, 0.29) is 28.7 Å². The van der Waals surface area contributed by atoms with Gasteiger partial charge in [-0.1, -0.05) is 47.9 Å². The number of aromatic nitrogens is 1. The zero-order valence-corrected chi connectivity index (χ0v) is 16.7. The predicted molar refractivity (Wildman–Crippen MR) is 104 cm³/mol. The molecule has 0 fully saturated rings. The van der Waals surface area contributed by atoms with Gasteiger partial charge in [0.15, 0.2) is 5.82 Å². The van der Waals surface area contributed by atoms with Gasteiger partial charge in [0.1, 0.15) is 5.76 Å². The first-order chi connectivity index (χ1) is 11.7. The van der Waals surface area contributed by atoms with Crippen LogP contribution in [-0.2, 0) is 15.0 Å². The lowest BCUT2D eigenvalue weighted by molar-refractivity contribution is -0.114. The lowest BCUT2D eigenvalue weighted by Gasteiger charge is -2.12. The van der Waals surface area contributed by atoms with Crippen molar-refractivity contribution in [3.63, 3.8) is 0 Å². The van der Waals surface area contributed by atoms with Gasteiger partial charge < -0.3 is 15.2 Å². The molecule has 0 spiro atoms. The Bertz CT molecular complexity index is 756. The van der Waals surface area contributed by atoms with Gasteiger partial charge in [0.25, 0.3) is 0 Å². The first-order valence-electron chi connectivity index (χ1n) is 7.64. The summed E-state index contributed by atoms with van der Waals surface area (Å²) in [6.07, 6.45) is 0. The number of nitrogens with one attached hydrogen (secondary N) is 2. The molecule has 0 atom stereocenters. The molecule has 1 aromatic carbocycles. The third-order valence-corrected chi connectivity index (χ3v) is 4.52. The van der Waals surface area contributed by atoms with Gasteiger partial charge in [-0.3, -0.25) is 9.59 Å². The molecule has 0 unspecified atom stereocenters. The molecule has 6 nitrogen and oxygen atoms in total. The highest BCUT2D eigenvalue weighted by atomic mass is 79.9. The second kappa shape index (κ2) is 8.53. The summed E-state index contributed by atoms with van der Waals surface area (Å²) in [5.41, 5.74) is 0.539. The van der Waals surface area contributed by atoms with Crippen molar-refractivity contribution in [3.05, 3.63) is 40.6 Å². The zero-order valence-electron chi connectivity index (χ0n) is 14.3. The molecule has 0 bridgehead atoms. The monoisotopic (exact) mass is 425 g/mol. The minimum absolute atomic E-state index is 0.156. The standard InChI is InChI=1S/C17H20BrN3O3S/c1-17(2,3)13-8-14(21-24-13)20-16(23)10-25-9-15(22)19-12-6-4-5-11(18)7-12/h4-8H,9-10H2,1-3H3,(H,19,22)(H,20,21,23). The van der Waals surface area contributed by atoms with Crippen LogP contribution in [0.3, 0.4) is 0 Å². The van der Waals surface area contributed by atoms with Crippen molar-refractivity contribution in [3.8, 4) is 0 Å². The van der Waals surface area contributed by atoms with E-state index in [1.165, 1.54) is 11.8 Å². The molecule has 2 N–H and O–H groups in total. The van der Waals surface area contributed by atoms with Crippen LogP contribution in [-0.4, -0.2) is 28.5 Å². The van der Waals surface area contributed by atoms with Crippen LogP contribution in [0.15, 0.2) is 39.3 Å². The number of halogens is 1. The summed E-state index contributed by atoms with van der Waals surface area (Å²) < 4.78 is 6.10. The van der Waals surface area contributed by atoms with Gasteiger partial charge in [-0.25, -0.2) is 0 Å². The summed E-state index contributed by atoms with van der Waals surface area (Å²) in [5.74, 6) is 1.04. The Morgan fingerprint density at radius 1 is 1.16 bits per heavy atom. The Balaban J connectivity index is 1.73. The molecule has 134 valence electrons. The Labute approximate surface area is 159 Å². The van der Waals surface area contributed by atoms with Gasteiger partial charge in [-0.2, -0.15) is 0 Å². The summed E-state index contributed by atoms with van der Waals surface area (Å²) in [6.45, 7) is 6.00. The lowest BCUT2D eigenvalue weighted by atomic mass is 9.93. The molecule has 0 aliphatic heterocycles. The molecule has 1 aromatic heterocycles. The van der Waals surface area contributed by atoms with E-state index in [0.717, 1.165) is 4.47 Å². The van der Waals surface area contributed by atoms with E-state index in [1.54, 1.807) is 12.1 Å². The molecule has 0 saturated carbocycles. The summed E-state index contributed by atoms with van der Waals surface area (Å²) in [4.78, 5) is 23.8. The number of hydrogen-bond acceptors (Lipinski definition) is 5. The van der Waals surface area contributed by atoms with Crippen molar-refractivity contribution in [1.82, 2.24) is 5.16 Å². The molecule has 2 amide bonds. The van der Waals surface area contributed by atoms with Crippen LogP contribution >= 0.6 is 27.7 Å². The third-order valence-electron chi connectivity index (χ3n) is 3.09. The fourth-order valence-electron chi connectivity index (χ4n) is 1.87. The fraction of sp³-hybridized carbons (Fsp3) is 0.353. The SMILES string of the molecule is CC(C)(C)c1cc(NC(=O)CSCC(=O)Nc2cccc(Br)c2)no1. The van der Waals surface area contributed by atoms with E-state index < -0.39 is 0 Å². The minimum Gasteiger partial charge on any atom is -0.359 e. The Hall–Kier alpha value is -1.80. The lowest BCUT2D eigenvalue weighted by Crippen LogP contribution is -2.18. The molecular weight excluding hydrogens is 406 g/mol. The highest BCUT2D eigenvalue weighted by Gasteiger charge is 2.20. The summed E-state index contributed by atoms with van der Waals surface area (Å²) in [7, 11) is 0. The number of amides is 2. The highest BCUT2D eigenvalue weighted by molar-refractivity contribution is 9.10. The number of carbonyl (C=O) groups is 2. The summed E-state index contributed by atoms with van der Waals surface area (Å²) in [6, 6.07) is 9.04. The quantitative estimate of drug-likeness (QED) is 0.728. The normalized spacial score (nSPS) is 11.2. The van der Waals surface area contributed by atoms with Gasteiger partial charge in [0, 0.05) is 21.6 Å². The Morgan fingerprint density at radius 2 is 1.84 bits per heavy atom. The van der Waals surface area contributed by atoms with Crippen molar-refractivity contribution < 1.29 is 14.1 Å². The van der Waals surface area contributed by atoms with Crippen molar-refractivity contribution in [1.29, 1.82) is 0 Å². The molecular formula is C17H20BrN3O3S. The number of nitrogens with zero attached hydrogens (tertiary/aromatic N) is 1. The molecule has 0 radical (unpaired) electrons. The molecule has 25 heavy (non-hydrogen) atoms. The van der Waals surface area contributed by atoms with E-state index >= 15 is 0 Å². The number of thioether (sulfide) groups is 1. The average molecular weight is 426 g/mol. The van der Waals surface area contributed by atoms with E-state index in [9.17, 15) is 9.59 Å². The second-order valence-electron chi connectivity index (χ2n) is 6.43. The first-order valence-corrected chi connectivity index (χ1v) is 9.59. The molecule has 0 saturated heterocycles. The van der Waals surface area contributed by atoms with Crippen LogP contribution in [0, 0.1) is 0 Å². The van der Waals surface area contributed by atoms with Crippen LogP contribution in [0.1, 0.15) is 26.5 Å². The molecule has 2 aromatic rings. The molecule has 0 aliphatic carbocycles. The number of benzene rings is 1. The van der Waals surface area contributed by atoms with Crippen LogP contribution in [0.4, 0.5) is 11.5 Å². The Morgan fingerprint density at radius 3 is 2.44 bits per heavy atom. The minimum atomic E-state index is -0.228. The highest BCUT2D eigenvalue weighted by Crippen LogP contribution is 2.24. The van der Waals surface area contributed by atoms with Gasteiger partial charge in [0.2, 0.25) is 11.8 Å². The number of anilines is 2. The smallest absolute Gasteiger partial charge is 0.235 e. The topological polar surface area (TPSA) is 84.2 Å². The van der Waals surface area contributed by atoms with Crippen molar-refractivity contribution in [2.24, 2.45) is 0 Å². The molecule has 8 heteroatoms. The molecule has 2 rings (SSSR count).